The van der Waals surface area contributed by atoms with E-state index in [-0.39, 0.29) is 11.2 Å². The lowest BCUT2D eigenvalue weighted by Gasteiger charge is -2.25. The van der Waals surface area contributed by atoms with Crippen molar-refractivity contribution in [1.82, 2.24) is 15.0 Å². The summed E-state index contributed by atoms with van der Waals surface area (Å²) in [6, 6.07) is 52.4. The number of hydrogen-bond acceptors (Lipinski definition) is 5. The van der Waals surface area contributed by atoms with Gasteiger partial charge < -0.3 is 9.84 Å². The van der Waals surface area contributed by atoms with E-state index >= 15 is 0 Å². The Bertz CT molecular complexity index is 2030. The van der Waals surface area contributed by atoms with E-state index in [2.05, 4.69) is 74.5 Å². The molecular weight excluding hydrogens is 590 g/mol. The van der Waals surface area contributed by atoms with E-state index in [4.69, 9.17) is 19.7 Å². The lowest BCUT2D eigenvalue weighted by Crippen LogP contribution is -2.26. The van der Waals surface area contributed by atoms with Crippen molar-refractivity contribution >= 4 is 0 Å². The zero-order chi connectivity index (χ0) is 32.9. The number of ether oxygens (including phenoxy) is 1. The molecule has 1 N–H and O–H groups in total. The highest BCUT2D eigenvalue weighted by molar-refractivity contribution is 5.73. The van der Waals surface area contributed by atoms with Gasteiger partial charge >= 0.3 is 0 Å². The van der Waals surface area contributed by atoms with Gasteiger partial charge in [-0.25, -0.2) is 15.0 Å². The molecule has 5 heteroatoms. The molecule has 0 unspecified atom stereocenters. The van der Waals surface area contributed by atoms with Gasteiger partial charge in [0.25, 0.3) is 0 Å². The molecule has 0 amide bonds. The van der Waals surface area contributed by atoms with Gasteiger partial charge in [0.05, 0.1) is 12.2 Å². The first-order valence-corrected chi connectivity index (χ1v) is 16.0. The minimum atomic E-state index is -0.209. The Kier molecular flexibility index (Phi) is 8.50. The number of phenols is 1. The van der Waals surface area contributed by atoms with Gasteiger partial charge in [0, 0.05) is 22.6 Å². The molecule has 0 radical (unpaired) electrons. The van der Waals surface area contributed by atoms with Crippen LogP contribution in [0.5, 0.6) is 11.5 Å². The predicted octanol–water partition coefficient (Wildman–Crippen LogP) is 10.3. The molecule has 0 atom stereocenters. The number of aromatic hydroxyl groups is 1. The zero-order valence-corrected chi connectivity index (χ0v) is 26.9. The first-order chi connectivity index (χ1) is 23.4. The van der Waals surface area contributed by atoms with Crippen LogP contribution in [-0.4, -0.2) is 26.7 Å². The Morgan fingerprint density at radius 1 is 0.479 bits per heavy atom. The van der Waals surface area contributed by atoms with Crippen molar-refractivity contribution in [3.8, 4) is 67.9 Å². The van der Waals surface area contributed by atoms with Crippen LogP contribution in [0.3, 0.4) is 0 Å². The summed E-state index contributed by atoms with van der Waals surface area (Å²) in [6.45, 7) is 4.74. The smallest absolute Gasteiger partial charge is 0.167 e. The minimum absolute atomic E-state index is 0.0342. The van der Waals surface area contributed by atoms with Crippen LogP contribution in [0.1, 0.15) is 19.4 Å². The number of nitrogens with zero attached hydrogens (tertiary/aromatic N) is 3. The van der Waals surface area contributed by atoms with E-state index in [9.17, 15) is 5.11 Å². The van der Waals surface area contributed by atoms with Crippen molar-refractivity contribution < 1.29 is 9.84 Å². The summed E-state index contributed by atoms with van der Waals surface area (Å²) in [5.41, 5.74) is 7.66. The van der Waals surface area contributed by atoms with E-state index in [0.717, 1.165) is 33.4 Å². The van der Waals surface area contributed by atoms with Crippen LogP contribution in [0.25, 0.3) is 56.4 Å². The summed E-state index contributed by atoms with van der Waals surface area (Å²) in [5, 5.41) is 11.3. The number of phenolic OH excluding ortho intramolecular Hbond substituents is 1. The van der Waals surface area contributed by atoms with Crippen molar-refractivity contribution in [1.29, 1.82) is 0 Å². The quantitative estimate of drug-likeness (QED) is 0.173. The lowest BCUT2D eigenvalue weighted by atomic mass is 9.86. The van der Waals surface area contributed by atoms with Crippen LogP contribution >= 0.6 is 0 Å². The van der Waals surface area contributed by atoms with E-state index in [0.29, 0.717) is 35.4 Å². The van der Waals surface area contributed by atoms with Crippen LogP contribution < -0.4 is 4.74 Å². The molecule has 0 aliphatic heterocycles. The maximum atomic E-state index is 11.3. The Labute approximate surface area is 281 Å². The first-order valence-electron chi connectivity index (χ1n) is 16.0. The number of aromatic nitrogens is 3. The van der Waals surface area contributed by atoms with Gasteiger partial charge in [-0.15, -0.1) is 0 Å². The Hall–Kier alpha value is -6.07. The molecule has 0 bridgehead atoms. The predicted molar refractivity (Wildman–Crippen MR) is 194 cm³/mol. The summed E-state index contributed by atoms with van der Waals surface area (Å²) in [6.07, 6.45) is 0. The van der Waals surface area contributed by atoms with Crippen molar-refractivity contribution in [2.45, 2.75) is 19.3 Å². The molecule has 5 nitrogen and oxygen atoms in total. The second-order valence-electron chi connectivity index (χ2n) is 12.4. The monoisotopic (exact) mass is 625 g/mol. The maximum absolute atomic E-state index is 11.3. The maximum Gasteiger partial charge on any atom is 0.167 e. The molecular formula is C43H35N3O2. The van der Waals surface area contributed by atoms with Crippen LogP contribution in [0.2, 0.25) is 0 Å². The molecule has 1 heterocycles. The van der Waals surface area contributed by atoms with Crippen molar-refractivity contribution in [2.75, 3.05) is 6.61 Å². The topological polar surface area (TPSA) is 68.1 Å². The minimum Gasteiger partial charge on any atom is -0.507 e. The molecule has 0 aliphatic carbocycles. The lowest BCUT2D eigenvalue weighted by molar-refractivity contribution is 0.240. The normalized spacial score (nSPS) is 11.3. The molecule has 7 rings (SSSR count). The highest BCUT2D eigenvalue weighted by Gasteiger charge is 2.22. The molecule has 234 valence electrons. The van der Waals surface area contributed by atoms with Crippen molar-refractivity contribution in [3.63, 3.8) is 0 Å². The van der Waals surface area contributed by atoms with Gasteiger partial charge in [0.2, 0.25) is 0 Å². The fraction of sp³-hybridized carbons (Fsp3) is 0.0930. The van der Waals surface area contributed by atoms with Gasteiger partial charge in [-0.05, 0) is 39.9 Å². The average Bonchev–Trinajstić information content (AvgIpc) is 3.15. The van der Waals surface area contributed by atoms with E-state index in [1.807, 2.05) is 84.9 Å². The second-order valence-corrected chi connectivity index (χ2v) is 12.4. The SMILES string of the molecule is CC(C)(COc1ccc(-c2nc(-c3ccc(-c4ccccc4)cc3)nc(-c3ccc(-c4ccccc4)cc3)n2)c(O)c1)c1ccccc1. The summed E-state index contributed by atoms with van der Waals surface area (Å²) >= 11 is 0. The molecule has 7 aromatic rings. The number of benzene rings is 6. The molecule has 0 fully saturated rings. The van der Waals surface area contributed by atoms with E-state index in [1.54, 1.807) is 12.1 Å². The first kappa shape index (κ1) is 30.6. The van der Waals surface area contributed by atoms with Crippen LogP contribution in [-0.2, 0) is 5.41 Å². The standard InChI is InChI=1S/C43H35N3O2/c1-43(2,36-16-10-5-11-17-36)29-48-37-26-27-38(39(47)28-37)42-45-40(34-22-18-32(19-23-34)30-12-6-3-7-13-30)44-41(46-42)35-24-20-33(21-25-35)31-14-8-4-9-15-31/h3-28,47H,29H2,1-2H3. The third-order valence-corrected chi connectivity index (χ3v) is 8.50. The Morgan fingerprint density at radius 2 is 0.896 bits per heavy atom. The highest BCUT2D eigenvalue weighted by Crippen LogP contribution is 2.34. The largest absolute Gasteiger partial charge is 0.507 e. The second kappa shape index (κ2) is 13.3. The fourth-order valence-electron chi connectivity index (χ4n) is 5.67. The summed E-state index contributed by atoms with van der Waals surface area (Å²) in [5.74, 6) is 2.02. The van der Waals surface area contributed by atoms with Gasteiger partial charge in [-0.2, -0.15) is 0 Å². The molecule has 0 saturated carbocycles. The zero-order valence-electron chi connectivity index (χ0n) is 26.9. The van der Waals surface area contributed by atoms with Gasteiger partial charge in [0.1, 0.15) is 11.5 Å². The van der Waals surface area contributed by atoms with Crippen LogP contribution in [0.4, 0.5) is 0 Å². The van der Waals surface area contributed by atoms with Gasteiger partial charge in [-0.3, -0.25) is 0 Å². The molecule has 0 spiro atoms. The fourth-order valence-corrected chi connectivity index (χ4v) is 5.67. The van der Waals surface area contributed by atoms with E-state index < -0.39 is 0 Å². The Balaban J connectivity index is 1.23. The third kappa shape index (κ3) is 6.72. The van der Waals surface area contributed by atoms with Gasteiger partial charge in [0.15, 0.2) is 17.5 Å². The number of hydrogen-bond donors (Lipinski definition) is 1. The average molecular weight is 626 g/mol. The van der Waals surface area contributed by atoms with Crippen molar-refractivity contribution in [3.05, 3.63) is 163 Å². The summed E-state index contributed by atoms with van der Waals surface area (Å²) < 4.78 is 6.17. The third-order valence-electron chi connectivity index (χ3n) is 8.50. The van der Waals surface area contributed by atoms with Gasteiger partial charge in [-0.1, -0.05) is 153 Å². The van der Waals surface area contributed by atoms with Crippen LogP contribution in [0, 0.1) is 0 Å². The molecule has 48 heavy (non-hydrogen) atoms. The summed E-state index contributed by atoms with van der Waals surface area (Å²) in [7, 11) is 0. The van der Waals surface area contributed by atoms with E-state index in [1.165, 1.54) is 5.56 Å². The molecule has 0 aliphatic rings. The molecule has 1 aromatic heterocycles. The highest BCUT2D eigenvalue weighted by atomic mass is 16.5. The van der Waals surface area contributed by atoms with Crippen LogP contribution in [0.15, 0.2) is 158 Å². The van der Waals surface area contributed by atoms with Crippen molar-refractivity contribution in [2.24, 2.45) is 0 Å². The molecule has 0 saturated heterocycles. The Morgan fingerprint density at radius 3 is 1.38 bits per heavy atom. The number of rotatable bonds is 9. The summed E-state index contributed by atoms with van der Waals surface area (Å²) in [4.78, 5) is 14.6. The molecule has 6 aromatic carbocycles.